The number of hydrogen-bond donors (Lipinski definition) is 0. The molecule has 2 unspecified atom stereocenters. The highest BCUT2D eigenvalue weighted by Gasteiger charge is 2.10. The Kier molecular flexibility index (Phi) is 16.3. The molecule has 0 rings (SSSR count). The van der Waals surface area contributed by atoms with Crippen LogP contribution in [0.15, 0.2) is 0 Å². The van der Waals surface area contributed by atoms with E-state index in [1.807, 2.05) is 11.8 Å². The van der Waals surface area contributed by atoms with Gasteiger partial charge in [-0.05, 0) is 61.9 Å². The maximum absolute atomic E-state index is 11.0. The van der Waals surface area contributed by atoms with Gasteiger partial charge in [0.1, 0.15) is 0 Å². The highest BCUT2D eigenvalue weighted by molar-refractivity contribution is 7.99. The minimum atomic E-state index is -0.897. The number of carboxylic acids is 2. The Morgan fingerprint density at radius 3 is 1.36 bits per heavy atom. The molecule has 0 N–H and O–H groups in total. The van der Waals surface area contributed by atoms with Crippen molar-refractivity contribution in [3.63, 3.8) is 0 Å². The van der Waals surface area contributed by atoms with Crippen LogP contribution in [0.5, 0.6) is 0 Å². The summed E-state index contributed by atoms with van der Waals surface area (Å²) in [5, 5.41) is 22.1. The molecule has 0 aliphatic rings. The van der Waals surface area contributed by atoms with E-state index in [1.165, 1.54) is 0 Å². The molecule has 0 saturated heterocycles. The first-order valence-corrected chi connectivity index (χ1v) is 11.2. The van der Waals surface area contributed by atoms with Gasteiger partial charge in [0, 0.05) is 11.9 Å². The van der Waals surface area contributed by atoms with E-state index in [1.54, 1.807) is 0 Å². The number of rotatable bonds is 18. The van der Waals surface area contributed by atoms with Crippen molar-refractivity contribution in [2.75, 3.05) is 11.5 Å². The Morgan fingerprint density at radius 2 is 1.04 bits per heavy atom. The lowest BCUT2D eigenvalue weighted by atomic mass is 9.96. The molecule has 0 spiro atoms. The second-order valence-electron chi connectivity index (χ2n) is 6.92. The van der Waals surface area contributed by atoms with Crippen LogP contribution in [0.25, 0.3) is 0 Å². The molecule has 0 fully saturated rings. The van der Waals surface area contributed by atoms with E-state index in [0.29, 0.717) is 0 Å². The highest BCUT2D eigenvalue weighted by Crippen LogP contribution is 2.19. The molecule has 148 valence electrons. The highest BCUT2D eigenvalue weighted by atomic mass is 32.2. The summed E-state index contributed by atoms with van der Waals surface area (Å²) < 4.78 is 0. The molecule has 0 bridgehead atoms. The zero-order chi connectivity index (χ0) is 18.9. The van der Waals surface area contributed by atoms with Crippen LogP contribution in [-0.2, 0) is 9.59 Å². The zero-order valence-corrected chi connectivity index (χ0v) is 16.9. The Hall–Kier alpha value is -0.710. The average molecular weight is 373 g/mol. The standard InChI is InChI=1S/C20H38O4S/c1-3-5-11-17(19(21)22)13-7-9-15-25-16-10-8-14-18(20(23)24)12-6-4-2/h17-18H,3-16H2,1-2H3,(H,21,22)(H,23,24)/p-2. The predicted octanol–water partition coefficient (Wildman–Crippen LogP) is 3.17. The number of hydrogen-bond acceptors (Lipinski definition) is 5. The van der Waals surface area contributed by atoms with E-state index in [4.69, 9.17) is 0 Å². The predicted molar refractivity (Wildman–Crippen MR) is 101 cm³/mol. The molecule has 0 aliphatic carbocycles. The van der Waals surface area contributed by atoms with E-state index >= 15 is 0 Å². The normalized spacial score (nSPS) is 13.5. The Bertz CT molecular complexity index is 315. The molecule has 0 radical (unpaired) electrons. The van der Waals surface area contributed by atoms with Crippen LogP contribution in [0.4, 0.5) is 0 Å². The minimum absolute atomic E-state index is 0.283. The minimum Gasteiger partial charge on any atom is -0.550 e. The largest absolute Gasteiger partial charge is 0.550 e. The first kappa shape index (κ1) is 24.3. The molecule has 5 heteroatoms. The second kappa shape index (κ2) is 16.7. The van der Waals surface area contributed by atoms with Gasteiger partial charge in [-0.3, -0.25) is 0 Å². The number of aliphatic carboxylic acids is 2. The lowest BCUT2D eigenvalue weighted by Gasteiger charge is -2.17. The average Bonchev–Trinajstić information content (AvgIpc) is 2.57. The second-order valence-corrected chi connectivity index (χ2v) is 8.15. The van der Waals surface area contributed by atoms with Crippen LogP contribution in [0.3, 0.4) is 0 Å². The summed E-state index contributed by atoms with van der Waals surface area (Å²) >= 11 is 1.88. The number of unbranched alkanes of at least 4 members (excludes halogenated alkanes) is 4. The van der Waals surface area contributed by atoms with Crippen molar-refractivity contribution in [1.82, 2.24) is 0 Å². The smallest absolute Gasteiger partial charge is 0.0445 e. The molecule has 0 saturated carbocycles. The Morgan fingerprint density at radius 1 is 0.680 bits per heavy atom. The van der Waals surface area contributed by atoms with Crippen molar-refractivity contribution in [1.29, 1.82) is 0 Å². The lowest BCUT2D eigenvalue weighted by Crippen LogP contribution is -2.31. The van der Waals surface area contributed by atoms with Crippen molar-refractivity contribution >= 4 is 23.7 Å². The summed E-state index contributed by atoms with van der Waals surface area (Å²) in [5.41, 5.74) is 0. The summed E-state index contributed by atoms with van der Waals surface area (Å²) in [4.78, 5) is 22.1. The van der Waals surface area contributed by atoms with Crippen LogP contribution < -0.4 is 10.2 Å². The van der Waals surface area contributed by atoms with Crippen LogP contribution in [0.1, 0.15) is 90.9 Å². The summed E-state index contributed by atoms with van der Waals surface area (Å²) in [5.74, 6) is -0.261. The molecule has 25 heavy (non-hydrogen) atoms. The Labute approximate surface area is 158 Å². The SMILES string of the molecule is CCCCC(CCCCSCCCCC(CCCC)C(=O)[O-])C(=O)[O-]. The van der Waals surface area contributed by atoms with Crippen LogP contribution in [0.2, 0.25) is 0 Å². The topological polar surface area (TPSA) is 80.3 Å². The summed E-state index contributed by atoms with van der Waals surface area (Å²) in [6.45, 7) is 4.14. The summed E-state index contributed by atoms with van der Waals surface area (Å²) in [6, 6.07) is 0. The number of carbonyl (C=O) groups is 2. The third-order valence-corrected chi connectivity index (χ3v) is 5.82. The van der Waals surface area contributed by atoms with Gasteiger partial charge in [-0.1, -0.05) is 52.4 Å². The number of carbonyl (C=O) groups excluding carboxylic acids is 2. The van der Waals surface area contributed by atoms with Crippen molar-refractivity contribution < 1.29 is 19.8 Å². The van der Waals surface area contributed by atoms with E-state index in [0.717, 1.165) is 88.6 Å². The first-order valence-electron chi connectivity index (χ1n) is 10.0. The first-order chi connectivity index (χ1) is 12.0. The summed E-state index contributed by atoms with van der Waals surface area (Å²) in [6.07, 6.45) is 10.9. The molecule has 4 nitrogen and oxygen atoms in total. The van der Waals surface area contributed by atoms with Crippen molar-refractivity contribution in [2.24, 2.45) is 11.8 Å². The number of thioether (sulfide) groups is 1. The van der Waals surface area contributed by atoms with Crippen molar-refractivity contribution in [3.8, 4) is 0 Å². The van der Waals surface area contributed by atoms with Crippen LogP contribution in [-0.4, -0.2) is 23.4 Å². The summed E-state index contributed by atoms with van der Waals surface area (Å²) in [7, 11) is 0. The molecule has 0 aromatic heterocycles. The fraction of sp³-hybridized carbons (Fsp3) is 0.900. The zero-order valence-electron chi connectivity index (χ0n) is 16.1. The third kappa shape index (κ3) is 14.2. The molecule has 0 aliphatic heterocycles. The van der Waals surface area contributed by atoms with Gasteiger partial charge in [-0.25, -0.2) is 0 Å². The number of carboxylic acid groups (broad SMARTS) is 2. The van der Waals surface area contributed by atoms with Gasteiger partial charge < -0.3 is 19.8 Å². The molecule has 0 aromatic carbocycles. The maximum atomic E-state index is 11.0. The lowest BCUT2D eigenvalue weighted by molar-refractivity contribution is -0.313. The molecule has 2 atom stereocenters. The molecule has 0 heterocycles. The van der Waals surface area contributed by atoms with E-state index < -0.39 is 11.9 Å². The van der Waals surface area contributed by atoms with Gasteiger partial charge in [-0.15, -0.1) is 0 Å². The monoisotopic (exact) mass is 372 g/mol. The van der Waals surface area contributed by atoms with E-state index in [-0.39, 0.29) is 11.8 Å². The van der Waals surface area contributed by atoms with Crippen LogP contribution in [0, 0.1) is 11.8 Å². The third-order valence-electron chi connectivity index (χ3n) is 4.66. The van der Waals surface area contributed by atoms with Crippen LogP contribution >= 0.6 is 11.8 Å². The fourth-order valence-electron chi connectivity index (χ4n) is 2.95. The Balaban J connectivity index is 3.59. The van der Waals surface area contributed by atoms with Gasteiger partial charge in [0.15, 0.2) is 0 Å². The van der Waals surface area contributed by atoms with Crippen molar-refractivity contribution in [2.45, 2.75) is 90.9 Å². The maximum Gasteiger partial charge on any atom is 0.0445 e. The van der Waals surface area contributed by atoms with Gasteiger partial charge in [0.25, 0.3) is 0 Å². The fourth-order valence-corrected chi connectivity index (χ4v) is 3.97. The van der Waals surface area contributed by atoms with Gasteiger partial charge in [0.2, 0.25) is 0 Å². The van der Waals surface area contributed by atoms with E-state index in [9.17, 15) is 19.8 Å². The molecule has 0 amide bonds. The molecular weight excluding hydrogens is 336 g/mol. The molecule has 0 aromatic rings. The van der Waals surface area contributed by atoms with Gasteiger partial charge in [0.05, 0.1) is 0 Å². The van der Waals surface area contributed by atoms with Crippen molar-refractivity contribution in [3.05, 3.63) is 0 Å². The van der Waals surface area contributed by atoms with Gasteiger partial charge in [-0.2, -0.15) is 11.8 Å². The van der Waals surface area contributed by atoms with Gasteiger partial charge >= 0.3 is 0 Å². The molecular formula is C20H36O4S-2. The van der Waals surface area contributed by atoms with E-state index in [2.05, 4.69) is 13.8 Å². The quantitative estimate of drug-likeness (QED) is 0.345.